The van der Waals surface area contributed by atoms with Gasteiger partial charge in [-0.3, -0.25) is 0 Å². The Balaban J connectivity index is 2.46. The highest BCUT2D eigenvalue weighted by molar-refractivity contribution is 9.10. The van der Waals surface area contributed by atoms with Crippen LogP contribution >= 0.6 is 15.9 Å². The van der Waals surface area contributed by atoms with E-state index in [1.807, 2.05) is 0 Å². The Morgan fingerprint density at radius 3 is 2.35 bits per heavy atom. The Morgan fingerprint density at radius 2 is 1.83 bits per heavy atom. The molecular weight excluding hydrogens is 384 g/mol. The molecule has 0 aliphatic heterocycles. The predicted molar refractivity (Wildman–Crippen MR) is 76.8 cm³/mol. The fourth-order valence-electron chi connectivity index (χ4n) is 1.85. The Labute approximate surface area is 136 Å². The summed E-state index contributed by atoms with van der Waals surface area (Å²) in [5.74, 6) is -4.09. The van der Waals surface area contributed by atoms with E-state index in [1.54, 1.807) is 30.3 Å². The van der Waals surface area contributed by atoms with Gasteiger partial charge in [-0.05, 0) is 27.6 Å². The molecule has 0 amide bonds. The molecule has 1 N–H and O–H groups in total. The Hall–Kier alpha value is -2.09. The van der Waals surface area contributed by atoms with Gasteiger partial charge in [0.2, 0.25) is 0 Å². The van der Waals surface area contributed by atoms with E-state index in [2.05, 4.69) is 15.9 Å². The molecule has 0 saturated carbocycles. The molecule has 2 aromatic carbocycles. The lowest BCUT2D eigenvalue weighted by Gasteiger charge is -2.15. The fourth-order valence-corrected chi connectivity index (χ4v) is 2.42. The van der Waals surface area contributed by atoms with Gasteiger partial charge in [0.05, 0.1) is 10.0 Å². The van der Waals surface area contributed by atoms with Crippen molar-refractivity contribution in [1.29, 1.82) is 0 Å². The molecule has 0 atom stereocenters. The van der Waals surface area contributed by atoms with E-state index in [4.69, 9.17) is 9.84 Å². The first-order valence-corrected chi connectivity index (χ1v) is 7.00. The average molecular weight is 393 g/mol. The third-order valence-corrected chi connectivity index (χ3v) is 3.71. The molecule has 0 aromatic heterocycles. The first-order chi connectivity index (χ1) is 10.7. The molecule has 0 heterocycles. The normalized spacial score (nSPS) is 11.3. The molecule has 23 heavy (non-hydrogen) atoms. The van der Waals surface area contributed by atoms with Crippen molar-refractivity contribution in [2.75, 3.05) is 0 Å². The topological polar surface area (TPSA) is 46.5 Å². The van der Waals surface area contributed by atoms with Crippen LogP contribution in [0.15, 0.2) is 40.9 Å². The molecule has 0 aliphatic carbocycles. The van der Waals surface area contributed by atoms with Gasteiger partial charge in [0.15, 0.2) is 5.82 Å². The smallest absolute Gasteiger partial charge is 0.419 e. The Kier molecular flexibility index (Phi) is 4.93. The highest BCUT2D eigenvalue weighted by Gasteiger charge is 2.38. The summed E-state index contributed by atoms with van der Waals surface area (Å²) in [6.07, 6.45) is -5.04. The Morgan fingerprint density at radius 1 is 1.22 bits per heavy atom. The molecule has 122 valence electrons. The molecule has 8 heteroatoms. The third kappa shape index (κ3) is 3.82. The molecule has 2 rings (SSSR count). The summed E-state index contributed by atoms with van der Waals surface area (Å²) in [7, 11) is 0. The van der Waals surface area contributed by atoms with E-state index in [9.17, 15) is 22.4 Å². The number of aromatic carboxylic acids is 1. The summed E-state index contributed by atoms with van der Waals surface area (Å²) < 4.78 is 57.3. The van der Waals surface area contributed by atoms with Crippen molar-refractivity contribution in [3.05, 3.63) is 63.4 Å². The van der Waals surface area contributed by atoms with Crippen LogP contribution in [0.5, 0.6) is 5.75 Å². The van der Waals surface area contributed by atoms with Gasteiger partial charge < -0.3 is 9.84 Å². The van der Waals surface area contributed by atoms with Crippen LogP contribution in [0.4, 0.5) is 17.6 Å². The van der Waals surface area contributed by atoms with Crippen LogP contribution in [-0.4, -0.2) is 11.1 Å². The summed E-state index contributed by atoms with van der Waals surface area (Å²) in [5, 5.41) is 8.95. The molecule has 0 fully saturated rings. The Bertz CT molecular complexity index is 730. The number of hydrogen-bond donors (Lipinski definition) is 1. The molecule has 2 aromatic rings. The van der Waals surface area contributed by atoms with Gasteiger partial charge in [-0.25, -0.2) is 9.18 Å². The van der Waals surface area contributed by atoms with E-state index in [-0.39, 0.29) is 11.1 Å². The average Bonchev–Trinajstić information content (AvgIpc) is 2.46. The lowest BCUT2D eigenvalue weighted by atomic mass is 10.1. The van der Waals surface area contributed by atoms with Crippen LogP contribution < -0.4 is 4.74 Å². The van der Waals surface area contributed by atoms with Gasteiger partial charge in [0, 0.05) is 0 Å². The van der Waals surface area contributed by atoms with Crippen molar-refractivity contribution in [2.24, 2.45) is 0 Å². The lowest BCUT2D eigenvalue weighted by Crippen LogP contribution is -2.14. The SMILES string of the molecule is O=C(O)c1c(F)c(C(F)(F)F)cc(OCc2ccccc2)c1Br. The number of hydrogen-bond acceptors (Lipinski definition) is 2. The monoisotopic (exact) mass is 392 g/mol. The minimum Gasteiger partial charge on any atom is -0.488 e. The first kappa shape index (κ1) is 17.3. The zero-order valence-corrected chi connectivity index (χ0v) is 12.9. The molecule has 0 saturated heterocycles. The lowest BCUT2D eigenvalue weighted by molar-refractivity contribution is -0.140. The fraction of sp³-hybridized carbons (Fsp3) is 0.133. The second kappa shape index (κ2) is 6.57. The van der Waals surface area contributed by atoms with Gasteiger partial charge in [0.1, 0.15) is 17.9 Å². The number of ether oxygens (including phenoxy) is 1. The van der Waals surface area contributed by atoms with Crippen LogP contribution in [0.2, 0.25) is 0 Å². The van der Waals surface area contributed by atoms with Gasteiger partial charge in [0.25, 0.3) is 0 Å². The van der Waals surface area contributed by atoms with Crippen molar-refractivity contribution in [3.63, 3.8) is 0 Å². The number of carboxylic acids is 1. The largest absolute Gasteiger partial charge is 0.488 e. The maximum Gasteiger partial charge on any atom is 0.419 e. The summed E-state index contributed by atoms with van der Waals surface area (Å²) in [6, 6.07) is 8.97. The third-order valence-electron chi connectivity index (χ3n) is 2.92. The summed E-state index contributed by atoms with van der Waals surface area (Å²) in [4.78, 5) is 11.1. The van der Waals surface area contributed by atoms with E-state index in [1.165, 1.54) is 0 Å². The van der Waals surface area contributed by atoms with Crippen LogP contribution in [0.25, 0.3) is 0 Å². The number of halogens is 5. The highest BCUT2D eigenvalue weighted by Crippen LogP contribution is 2.40. The number of carboxylic acid groups (broad SMARTS) is 1. The van der Waals surface area contributed by atoms with Crippen LogP contribution in [-0.2, 0) is 12.8 Å². The van der Waals surface area contributed by atoms with Crippen molar-refractivity contribution in [1.82, 2.24) is 0 Å². The van der Waals surface area contributed by atoms with Gasteiger partial charge in [-0.1, -0.05) is 30.3 Å². The second-order valence-electron chi connectivity index (χ2n) is 4.50. The quantitative estimate of drug-likeness (QED) is 0.753. The van der Waals surface area contributed by atoms with Crippen LogP contribution in [0.3, 0.4) is 0 Å². The standard InChI is InChI=1S/C15H9BrF4O3/c16-12-10(23-7-8-4-2-1-3-5-8)6-9(15(18,19)20)13(17)11(12)14(21)22/h1-6H,7H2,(H,21,22). The van der Waals surface area contributed by atoms with Crippen LogP contribution in [0, 0.1) is 5.82 Å². The maximum absolute atomic E-state index is 13.8. The van der Waals surface area contributed by atoms with E-state index in [0.29, 0.717) is 11.6 Å². The molecule has 3 nitrogen and oxygen atoms in total. The minimum absolute atomic E-state index is 0.0958. The van der Waals surface area contributed by atoms with Crippen molar-refractivity contribution < 1.29 is 32.2 Å². The predicted octanol–water partition coefficient (Wildman–Crippen LogP) is 4.88. The van der Waals surface area contributed by atoms with Crippen molar-refractivity contribution >= 4 is 21.9 Å². The van der Waals surface area contributed by atoms with E-state index in [0.717, 1.165) is 0 Å². The van der Waals surface area contributed by atoms with Gasteiger partial charge in [-0.2, -0.15) is 13.2 Å². The molecule has 0 bridgehead atoms. The summed E-state index contributed by atoms with van der Waals surface area (Å²) in [5.41, 5.74) is -2.15. The number of carbonyl (C=O) groups is 1. The number of rotatable bonds is 4. The van der Waals surface area contributed by atoms with Gasteiger partial charge >= 0.3 is 12.1 Å². The van der Waals surface area contributed by atoms with Crippen LogP contribution in [0.1, 0.15) is 21.5 Å². The van der Waals surface area contributed by atoms with E-state index < -0.39 is 34.8 Å². The molecule has 0 spiro atoms. The summed E-state index contributed by atoms with van der Waals surface area (Å²) in [6.45, 7) is -0.0958. The van der Waals surface area contributed by atoms with Crippen molar-refractivity contribution in [3.8, 4) is 5.75 Å². The first-order valence-electron chi connectivity index (χ1n) is 6.21. The molecular formula is C15H9BrF4O3. The molecule has 0 aliphatic rings. The summed E-state index contributed by atoms with van der Waals surface area (Å²) >= 11 is 2.79. The highest BCUT2D eigenvalue weighted by atomic mass is 79.9. The molecule has 0 radical (unpaired) electrons. The number of benzene rings is 2. The second-order valence-corrected chi connectivity index (χ2v) is 5.30. The zero-order valence-electron chi connectivity index (χ0n) is 11.3. The minimum atomic E-state index is -5.04. The maximum atomic E-state index is 13.8. The molecule has 0 unspecified atom stereocenters. The van der Waals surface area contributed by atoms with Crippen molar-refractivity contribution in [2.45, 2.75) is 12.8 Å². The number of alkyl halides is 3. The van der Waals surface area contributed by atoms with Gasteiger partial charge in [-0.15, -0.1) is 0 Å². The zero-order chi connectivity index (χ0) is 17.2. The van der Waals surface area contributed by atoms with E-state index >= 15 is 0 Å².